The van der Waals surface area contributed by atoms with Gasteiger partial charge in [0.25, 0.3) is 0 Å². The number of hydrogen-bond donors (Lipinski definition) is 2. The van der Waals surface area contributed by atoms with Crippen molar-refractivity contribution >= 4 is 29.6 Å². The topological polar surface area (TPSA) is 58.9 Å². The van der Waals surface area contributed by atoms with Gasteiger partial charge in [-0.1, -0.05) is 0 Å². The van der Waals surface area contributed by atoms with E-state index in [9.17, 15) is 0 Å². The summed E-state index contributed by atoms with van der Waals surface area (Å²) in [6, 6.07) is 0. The molecule has 11 heavy (non-hydrogen) atoms. The molecule has 2 N–H and O–H groups in total. The Kier molecular flexibility index (Phi) is 17.5. The van der Waals surface area contributed by atoms with Crippen molar-refractivity contribution in [3.63, 3.8) is 0 Å². The molecule has 0 aromatic carbocycles. The van der Waals surface area contributed by atoms with Gasteiger partial charge in [0.2, 0.25) is 0 Å². The van der Waals surface area contributed by atoms with E-state index in [4.69, 9.17) is 19.7 Å². The van der Waals surface area contributed by atoms with Gasteiger partial charge in [-0.25, -0.2) is 0 Å². The molecule has 0 aromatic heterocycles. The molecule has 0 fully saturated rings. The number of rotatable bonds is 7. The second kappa shape index (κ2) is 13.4. The van der Waals surface area contributed by atoms with Gasteiger partial charge in [0.1, 0.15) is 0 Å². The van der Waals surface area contributed by atoms with Crippen molar-refractivity contribution in [2.45, 2.75) is 0 Å². The Morgan fingerprint density at radius 2 is 1.09 bits per heavy atom. The van der Waals surface area contributed by atoms with Crippen molar-refractivity contribution in [1.82, 2.24) is 0 Å². The van der Waals surface area contributed by atoms with Crippen LogP contribution in [0.4, 0.5) is 0 Å². The molecule has 64 valence electrons. The van der Waals surface area contributed by atoms with E-state index in [2.05, 4.69) is 0 Å². The zero-order valence-corrected chi connectivity index (χ0v) is 5.95. The van der Waals surface area contributed by atoms with Crippen molar-refractivity contribution in [1.29, 1.82) is 0 Å². The van der Waals surface area contributed by atoms with Gasteiger partial charge >= 0.3 is 29.6 Å². The van der Waals surface area contributed by atoms with Gasteiger partial charge in [0.15, 0.2) is 0 Å². The van der Waals surface area contributed by atoms with Crippen LogP contribution in [0.1, 0.15) is 0 Å². The number of aliphatic hydroxyl groups is 2. The number of ether oxygens (including phenoxy) is 2. The summed E-state index contributed by atoms with van der Waals surface area (Å²) in [5.41, 5.74) is 0. The van der Waals surface area contributed by atoms with Gasteiger partial charge in [-0.3, -0.25) is 0 Å². The summed E-state index contributed by atoms with van der Waals surface area (Å²) >= 11 is 0. The molecule has 0 saturated heterocycles. The third-order valence-electron chi connectivity index (χ3n) is 0.843. The fourth-order valence-electron chi connectivity index (χ4n) is 0.451. The second-order valence-electron chi connectivity index (χ2n) is 1.67. The van der Waals surface area contributed by atoms with Crippen LogP contribution in [-0.2, 0) is 9.47 Å². The summed E-state index contributed by atoms with van der Waals surface area (Å²) in [7, 11) is 0. The Bertz CT molecular complexity index is 54.5. The SMILES string of the molecule is OCCOCCOCCO.[NaH]. The molecular weight excluding hydrogens is 159 g/mol. The van der Waals surface area contributed by atoms with Crippen molar-refractivity contribution < 1.29 is 19.7 Å². The van der Waals surface area contributed by atoms with Crippen LogP contribution in [-0.4, -0.2) is 79.4 Å². The van der Waals surface area contributed by atoms with Crippen LogP contribution in [0.2, 0.25) is 0 Å². The molecular formula is C6H15NaO4. The minimum atomic E-state index is 0. The first-order valence-electron chi connectivity index (χ1n) is 3.29. The zero-order valence-electron chi connectivity index (χ0n) is 5.95. The van der Waals surface area contributed by atoms with E-state index in [-0.39, 0.29) is 42.8 Å². The van der Waals surface area contributed by atoms with Crippen molar-refractivity contribution in [3.05, 3.63) is 0 Å². The van der Waals surface area contributed by atoms with Gasteiger partial charge < -0.3 is 19.7 Å². The average molecular weight is 174 g/mol. The zero-order chi connectivity index (χ0) is 7.66. The van der Waals surface area contributed by atoms with Gasteiger partial charge in [0, 0.05) is 0 Å². The van der Waals surface area contributed by atoms with Crippen molar-refractivity contribution in [3.8, 4) is 0 Å². The third kappa shape index (κ3) is 13.8. The molecule has 0 rings (SSSR count). The Balaban J connectivity index is 0. The molecule has 0 aliphatic rings. The molecule has 0 unspecified atom stereocenters. The molecule has 0 spiro atoms. The van der Waals surface area contributed by atoms with Crippen LogP contribution in [0.25, 0.3) is 0 Å². The first-order chi connectivity index (χ1) is 4.91. The monoisotopic (exact) mass is 174 g/mol. The summed E-state index contributed by atoms with van der Waals surface area (Å²) in [5, 5.41) is 16.5. The quantitative estimate of drug-likeness (QED) is 0.359. The van der Waals surface area contributed by atoms with E-state index in [0.717, 1.165) is 0 Å². The van der Waals surface area contributed by atoms with Gasteiger partial charge in [-0.05, 0) is 0 Å². The van der Waals surface area contributed by atoms with Crippen LogP contribution < -0.4 is 0 Å². The van der Waals surface area contributed by atoms with Crippen LogP contribution in [0, 0.1) is 0 Å². The van der Waals surface area contributed by atoms with Gasteiger partial charge in [-0.2, -0.15) is 0 Å². The van der Waals surface area contributed by atoms with Crippen LogP contribution >= 0.6 is 0 Å². The van der Waals surface area contributed by atoms with E-state index < -0.39 is 0 Å². The Morgan fingerprint density at radius 3 is 1.36 bits per heavy atom. The summed E-state index contributed by atoms with van der Waals surface area (Å²) in [6.07, 6.45) is 0. The molecule has 0 aromatic rings. The third-order valence-corrected chi connectivity index (χ3v) is 0.843. The maximum atomic E-state index is 8.26. The summed E-state index contributed by atoms with van der Waals surface area (Å²) in [4.78, 5) is 0. The second-order valence-corrected chi connectivity index (χ2v) is 1.67. The summed E-state index contributed by atoms with van der Waals surface area (Å²) in [5.74, 6) is 0. The first-order valence-corrected chi connectivity index (χ1v) is 3.29. The minimum absolute atomic E-state index is 0. The fraction of sp³-hybridized carbons (Fsp3) is 1.00. The van der Waals surface area contributed by atoms with E-state index in [1.165, 1.54) is 0 Å². The van der Waals surface area contributed by atoms with Crippen LogP contribution in [0.5, 0.6) is 0 Å². The van der Waals surface area contributed by atoms with Gasteiger partial charge in [0.05, 0.1) is 39.6 Å². The molecule has 0 radical (unpaired) electrons. The summed E-state index contributed by atoms with van der Waals surface area (Å²) in [6.45, 7) is 1.73. The normalized spacial score (nSPS) is 9.27. The Hall–Kier alpha value is 0.840. The standard InChI is InChI=1S/C6H14O4.Na.H/c7-1-3-9-5-6-10-4-2-8;;/h7-8H,1-6H2;;. The fourth-order valence-corrected chi connectivity index (χ4v) is 0.451. The number of aliphatic hydroxyl groups excluding tert-OH is 2. The van der Waals surface area contributed by atoms with E-state index in [1.54, 1.807) is 0 Å². The molecule has 0 heterocycles. The molecule has 0 saturated carbocycles. The molecule has 0 atom stereocenters. The predicted molar refractivity (Wildman–Crippen MR) is 43.0 cm³/mol. The molecule has 5 heteroatoms. The summed E-state index contributed by atoms with van der Waals surface area (Å²) < 4.78 is 9.75. The molecule has 0 aliphatic carbocycles. The molecule has 0 amide bonds. The van der Waals surface area contributed by atoms with Crippen LogP contribution in [0.15, 0.2) is 0 Å². The van der Waals surface area contributed by atoms with E-state index >= 15 is 0 Å². The van der Waals surface area contributed by atoms with Crippen molar-refractivity contribution in [2.24, 2.45) is 0 Å². The molecule has 4 nitrogen and oxygen atoms in total. The van der Waals surface area contributed by atoms with E-state index in [1.807, 2.05) is 0 Å². The van der Waals surface area contributed by atoms with Gasteiger partial charge in [-0.15, -0.1) is 0 Å². The number of hydrogen-bond acceptors (Lipinski definition) is 4. The van der Waals surface area contributed by atoms with Crippen molar-refractivity contribution in [2.75, 3.05) is 39.6 Å². The van der Waals surface area contributed by atoms with Crippen LogP contribution in [0.3, 0.4) is 0 Å². The molecule has 0 bridgehead atoms. The maximum absolute atomic E-state index is 8.26. The average Bonchev–Trinajstić information content (AvgIpc) is 1.97. The van der Waals surface area contributed by atoms with E-state index in [0.29, 0.717) is 26.4 Å². The Labute approximate surface area is 88.8 Å². The first kappa shape index (κ1) is 14.4. The molecule has 0 aliphatic heterocycles. The predicted octanol–water partition coefficient (Wildman–Crippen LogP) is -1.64. The Morgan fingerprint density at radius 1 is 0.727 bits per heavy atom.